The first-order valence-electron chi connectivity index (χ1n) is 8.44. The van der Waals surface area contributed by atoms with Crippen LogP contribution < -0.4 is 5.48 Å². The van der Waals surface area contributed by atoms with Crippen LogP contribution in [0.3, 0.4) is 0 Å². The minimum absolute atomic E-state index is 0.173. The van der Waals surface area contributed by atoms with Crippen molar-refractivity contribution in [2.45, 2.75) is 38.8 Å². The lowest BCUT2D eigenvalue weighted by Crippen LogP contribution is -2.71. The van der Waals surface area contributed by atoms with Crippen LogP contribution in [0.25, 0.3) is 0 Å². The summed E-state index contributed by atoms with van der Waals surface area (Å²) < 4.78 is 0. The van der Waals surface area contributed by atoms with Crippen molar-refractivity contribution in [3.8, 4) is 0 Å². The SMILES string of the molecule is CC(=O)N1CC2(CCC2N2CCc3cc(C(=O)NO)cnc3C2)C1. The number of amides is 2. The molecule has 2 fully saturated rings. The van der Waals surface area contributed by atoms with Gasteiger partial charge in [0.05, 0.1) is 11.3 Å². The molecule has 1 atom stereocenters. The molecule has 0 aromatic carbocycles. The lowest BCUT2D eigenvalue weighted by Gasteiger charge is -2.63. The van der Waals surface area contributed by atoms with E-state index in [2.05, 4.69) is 9.88 Å². The fourth-order valence-corrected chi connectivity index (χ4v) is 4.44. The second kappa shape index (κ2) is 5.53. The molecular weight excluding hydrogens is 308 g/mol. The monoisotopic (exact) mass is 330 g/mol. The minimum atomic E-state index is -0.524. The highest BCUT2D eigenvalue weighted by Crippen LogP contribution is 2.51. The van der Waals surface area contributed by atoms with Crippen LogP contribution in [0.15, 0.2) is 12.3 Å². The maximum Gasteiger partial charge on any atom is 0.276 e. The van der Waals surface area contributed by atoms with E-state index in [-0.39, 0.29) is 5.91 Å². The molecule has 1 spiro atoms. The maximum atomic E-state index is 11.5. The summed E-state index contributed by atoms with van der Waals surface area (Å²) in [6, 6.07) is 2.35. The van der Waals surface area contributed by atoms with E-state index in [1.165, 1.54) is 19.0 Å². The van der Waals surface area contributed by atoms with E-state index >= 15 is 0 Å². The van der Waals surface area contributed by atoms with E-state index in [0.717, 1.165) is 43.9 Å². The number of likely N-dealkylation sites (tertiary alicyclic amines) is 1. The number of fused-ring (bicyclic) bond motifs is 1. The average Bonchev–Trinajstić information content (AvgIpc) is 2.51. The van der Waals surface area contributed by atoms with Crippen LogP contribution in [0.1, 0.15) is 41.4 Å². The van der Waals surface area contributed by atoms with Crippen LogP contribution in [0.2, 0.25) is 0 Å². The van der Waals surface area contributed by atoms with Gasteiger partial charge in [-0.05, 0) is 30.9 Å². The van der Waals surface area contributed by atoms with E-state index in [0.29, 0.717) is 17.0 Å². The molecule has 1 unspecified atom stereocenters. The number of hydrogen-bond acceptors (Lipinski definition) is 5. The Kier molecular flexibility index (Phi) is 3.58. The second-order valence-electron chi connectivity index (χ2n) is 7.28. The summed E-state index contributed by atoms with van der Waals surface area (Å²) in [5, 5.41) is 8.73. The summed E-state index contributed by atoms with van der Waals surface area (Å²) in [6.07, 6.45) is 4.77. The Morgan fingerprint density at radius 1 is 1.42 bits per heavy atom. The molecule has 7 nitrogen and oxygen atoms in total. The van der Waals surface area contributed by atoms with Crippen molar-refractivity contribution in [1.82, 2.24) is 20.3 Å². The molecule has 128 valence electrons. The van der Waals surface area contributed by atoms with Gasteiger partial charge in [0.25, 0.3) is 5.91 Å². The van der Waals surface area contributed by atoms with E-state index in [9.17, 15) is 9.59 Å². The number of rotatable bonds is 2. The van der Waals surface area contributed by atoms with Crippen molar-refractivity contribution in [2.75, 3.05) is 19.6 Å². The van der Waals surface area contributed by atoms with Crippen molar-refractivity contribution in [1.29, 1.82) is 0 Å². The number of pyridine rings is 1. The maximum absolute atomic E-state index is 11.5. The smallest absolute Gasteiger partial charge is 0.276 e. The summed E-state index contributed by atoms with van der Waals surface area (Å²) in [6.45, 7) is 5.16. The van der Waals surface area contributed by atoms with Crippen molar-refractivity contribution >= 4 is 11.8 Å². The normalized spacial score (nSPS) is 24.8. The van der Waals surface area contributed by atoms with E-state index in [1.54, 1.807) is 12.4 Å². The van der Waals surface area contributed by atoms with Crippen molar-refractivity contribution in [2.24, 2.45) is 5.41 Å². The van der Waals surface area contributed by atoms with Gasteiger partial charge >= 0.3 is 0 Å². The first-order chi connectivity index (χ1) is 11.5. The molecule has 1 aromatic heterocycles. The standard InChI is InChI=1S/C17H22N4O3/c1-11(22)21-9-17(10-21)4-2-15(17)20-5-3-12-6-13(16(23)19-24)7-18-14(12)8-20/h6-7,15,24H,2-5,8-10H2,1H3,(H,19,23). The fraction of sp³-hybridized carbons (Fsp3) is 0.588. The average molecular weight is 330 g/mol. The summed E-state index contributed by atoms with van der Waals surface area (Å²) in [5.41, 5.74) is 4.43. The molecule has 3 aliphatic rings. The molecule has 4 rings (SSSR count). The Hall–Kier alpha value is -1.99. The van der Waals surface area contributed by atoms with Crippen molar-refractivity contribution in [3.63, 3.8) is 0 Å². The van der Waals surface area contributed by atoms with Crippen LogP contribution in [-0.4, -0.2) is 57.5 Å². The van der Waals surface area contributed by atoms with Crippen LogP contribution in [-0.2, 0) is 17.8 Å². The molecule has 1 aliphatic carbocycles. The highest BCUT2D eigenvalue weighted by atomic mass is 16.5. The lowest BCUT2D eigenvalue weighted by molar-refractivity contribution is -0.163. The number of carbonyl (C=O) groups is 2. The number of nitrogens with zero attached hydrogens (tertiary/aromatic N) is 3. The topological polar surface area (TPSA) is 85.8 Å². The first-order valence-corrected chi connectivity index (χ1v) is 8.44. The third-order valence-corrected chi connectivity index (χ3v) is 5.96. The molecule has 2 amide bonds. The lowest BCUT2D eigenvalue weighted by atomic mass is 9.58. The first kappa shape index (κ1) is 15.5. The third-order valence-electron chi connectivity index (χ3n) is 5.96. The van der Waals surface area contributed by atoms with Gasteiger partial charge in [-0.3, -0.25) is 24.7 Å². The third kappa shape index (κ3) is 2.31. The van der Waals surface area contributed by atoms with Gasteiger partial charge in [0.1, 0.15) is 0 Å². The number of carbonyl (C=O) groups excluding carboxylic acids is 2. The zero-order chi connectivity index (χ0) is 16.9. The van der Waals surface area contributed by atoms with Gasteiger partial charge in [0.15, 0.2) is 0 Å². The van der Waals surface area contributed by atoms with E-state index < -0.39 is 5.91 Å². The Morgan fingerprint density at radius 3 is 2.83 bits per heavy atom. The van der Waals surface area contributed by atoms with Gasteiger partial charge in [-0.15, -0.1) is 0 Å². The minimum Gasteiger partial charge on any atom is -0.342 e. The molecule has 1 aromatic rings. The molecule has 24 heavy (non-hydrogen) atoms. The Labute approximate surface area is 140 Å². The van der Waals surface area contributed by atoms with Crippen molar-refractivity contribution < 1.29 is 14.8 Å². The molecular formula is C17H22N4O3. The van der Waals surface area contributed by atoms with Gasteiger partial charge in [0.2, 0.25) is 5.91 Å². The van der Waals surface area contributed by atoms with Crippen LogP contribution >= 0.6 is 0 Å². The predicted molar refractivity (Wildman–Crippen MR) is 85.3 cm³/mol. The van der Waals surface area contributed by atoms with Crippen LogP contribution in [0.5, 0.6) is 0 Å². The molecule has 7 heteroatoms. The Balaban J connectivity index is 1.46. The zero-order valence-electron chi connectivity index (χ0n) is 13.8. The van der Waals surface area contributed by atoms with Gasteiger partial charge in [0, 0.05) is 50.8 Å². The van der Waals surface area contributed by atoms with Crippen LogP contribution in [0.4, 0.5) is 0 Å². The molecule has 0 radical (unpaired) electrons. The Morgan fingerprint density at radius 2 is 2.21 bits per heavy atom. The van der Waals surface area contributed by atoms with Gasteiger partial charge < -0.3 is 4.90 Å². The van der Waals surface area contributed by atoms with Gasteiger partial charge in [-0.25, -0.2) is 5.48 Å². The second-order valence-corrected chi connectivity index (χ2v) is 7.28. The van der Waals surface area contributed by atoms with Gasteiger partial charge in [-0.2, -0.15) is 0 Å². The molecule has 2 aliphatic heterocycles. The fourth-order valence-electron chi connectivity index (χ4n) is 4.44. The van der Waals surface area contributed by atoms with E-state index in [4.69, 9.17) is 5.21 Å². The summed E-state index contributed by atoms with van der Waals surface area (Å²) in [5.74, 6) is -0.351. The highest BCUT2D eigenvalue weighted by molar-refractivity contribution is 5.93. The van der Waals surface area contributed by atoms with E-state index in [1.807, 2.05) is 11.0 Å². The quantitative estimate of drug-likeness (QED) is 0.612. The van der Waals surface area contributed by atoms with Gasteiger partial charge in [-0.1, -0.05) is 0 Å². The Bertz CT molecular complexity index is 699. The molecule has 1 saturated heterocycles. The summed E-state index contributed by atoms with van der Waals surface area (Å²) >= 11 is 0. The predicted octanol–water partition coefficient (Wildman–Crippen LogP) is 0.570. The number of aromatic nitrogens is 1. The number of hydroxylamine groups is 1. The number of hydrogen-bond donors (Lipinski definition) is 2. The highest BCUT2D eigenvalue weighted by Gasteiger charge is 2.57. The number of nitrogens with one attached hydrogen (secondary N) is 1. The van der Waals surface area contributed by atoms with Crippen LogP contribution in [0, 0.1) is 5.41 Å². The molecule has 1 saturated carbocycles. The largest absolute Gasteiger partial charge is 0.342 e. The summed E-state index contributed by atoms with van der Waals surface area (Å²) in [7, 11) is 0. The molecule has 3 heterocycles. The zero-order valence-corrected chi connectivity index (χ0v) is 13.8. The molecule has 0 bridgehead atoms. The van der Waals surface area contributed by atoms with Crippen molar-refractivity contribution in [3.05, 3.63) is 29.1 Å². The molecule has 2 N–H and O–H groups in total. The summed E-state index contributed by atoms with van der Waals surface area (Å²) in [4.78, 5) is 31.8.